The second-order valence-corrected chi connectivity index (χ2v) is 9.03. The van der Waals surface area contributed by atoms with Gasteiger partial charge in [-0.05, 0) is 0 Å². The summed E-state index contributed by atoms with van der Waals surface area (Å²) in [5.41, 5.74) is 0. The van der Waals surface area contributed by atoms with E-state index in [9.17, 15) is 0 Å². The molecule has 0 saturated carbocycles. The number of unbranched alkanes of at least 4 members (excludes halogenated alkanes) is 1. The van der Waals surface area contributed by atoms with Gasteiger partial charge >= 0.3 is 135 Å². The molecule has 20 heavy (non-hydrogen) atoms. The van der Waals surface area contributed by atoms with Crippen LogP contribution in [0.3, 0.4) is 0 Å². The van der Waals surface area contributed by atoms with Gasteiger partial charge in [0.2, 0.25) is 0 Å². The first-order chi connectivity index (χ1) is 9.88. The molecule has 0 aliphatic heterocycles. The fourth-order valence-electron chi connectivity index (χ4n) is 1.76. The van der Waals surface area contributed by atoms with Gasteiger partial charge in [-0.3, -0.25) is 0 Å². The van der Waals surface area contributed by atoms with Crippen LogP contribution in [0, 0.1) is 0 Å². The SMILES string of the molecule is CCCC/C(=C/[Se]c1ccccc1)[Se]c1ccccc1. The van der Waals surface area contributed by atoms with Crippen molar-refractivity contribution in [3.63, 3.8) is 0 Å². The van der Waals surface area contributed by atoms with E-state index in [0.717, 1.165) is 0 Å². The second kappa shape index (κ2) is 9.21. The first-order valence-corrected chi connectivity index (χ1v) is 10.6. The maximum atomic E-state index is 2.52. The van der Waals surface area contributed by atoms with E-state index in [2.05, 4.69) is 72.6 Å². The topological polar surface area (TPSA) is 0 Å². The van der Waals surface area contributed by atoms with Crippen molar-refractivity contribution in [2.45, 2.75) is 26.2 Å². The zero-order chi connectivity index (χ0) is 14.0. The van der Waals surface area contributed by atoms with Crippen LogP contribution < -0.4 is 8.92 Å². The Kier molecular flexibility index (Phi) is 7.19. The van der Waals surface area contributed by atoms with E-state index in [1.54, 1.807) is 4.47 Å². The Morgan fingerprint density at radius 2 is 1.50 bits per heavy atom. The molecule has 2 aromatic carbocycles. The Balaban J connectivity index is 2.02. The third kappa shape index (κ3) is 5.69. The van der Waals surface area contributed by atoms with Gasteiger partial charge in [-0.1, -0.05) is 0 Å². The first-order valence-electron chi connectivity index (χ1n) is 7.02. The second-order valence-electron chi connectivity index (χ2n) is 4.53. The van der Waals surface area contributed by atoms with Gasteiger partial charge in [-0.25, -0.2) is 0 Å². The number of rotatable bonds is 7. The predicted octanol–water partition coefficient (Wildman–Crippen LogP) is 3.08. The number of hydrogen-bond acceptors (Lipinski definition) is 0. The first kappa shape index (κ1) is 15.6. The normalized spacial score (nSPS) is 11.6. The van der Waals surface area contributed by atoms with E-state index in [-0.39, 0.29) is 0 Å². The van der Waals surface area contributed by atoms with Gasteiger partial charge in [0.15, 0.2) is 0 Å². The molecule has 2 rings (SSSR count). The van der Waals surface area contributed by atoms with Crippen LogP contribution in [0.25, 0.3) is 0 Å². The van der Waals surface area contributed by atoms with E-state index in [0.29, 0.717) is 29.9 Å². The summed E-state index contributed by atoms with van der Waals surface area (Å²) < 4.78 is 4.62. The number of hydrogen-bond donors (Lipinski definition) is 0. The third-order valence-corrected chi connectivity index (χ3v) is 7.87. The van der Waals surface area contributed by atoms with E-state index < -0.39 is 0 Å². The van der Waals surface area contributed by atoms with Gasteiger partial charge in [0.1, 0.15) is 0 Å². The van der Waals surface area contributed by atoms with Crippen LogP contribution in [0.1, 0.15) is 26.2 Å². The molecule has 0 radical (unpaired) electrons. The molecule has 0 aliphatic carbocycles. The third-order valence-electron chi connectivity index (χ3n) is 2.84. The number of allylic oxidation sites excluding steroid dienone is 1. The average Bonchev–Trinajstić information content (AvgIpc) is 2.52. The van der Waals surface area contributed by atoms with Gasteiger partial charge in [-0.15, -0.1) is 0 Å². The summed E-state index contributed by atoms with van der Waals surface area (Å²) in [5.74, 6) is 0. The van der Waals surface area contributed by atoms with Crippen LogP contribution in [0.2, 0.25) is 0 Å². The van der Waals surface area contributed by atoms with E-state index in [1.165, 1.54) is 28.2 Å². The molecular weight excluding hydrogens is 374 g/mol. The summed E-state index contributed by atoms with van der Waals surface area (Å²) in [7, 11) is 0. The molecule has 0 unspecified atom stereocenters. The molecule has 2 aromatic rings. The Bertz CT molecular complexity index is 518. The van der Waals surface area contributed by atoms with Crippen molar-refractivity contribution in [2.24, 2.45) is 0 Å². The summed E-state index contributed by atoms with van der Waals surface area (Å²) in [4.78, 5) is 2.52. The summed E-state index contributed by atoms with van der Waals surface area (Å²) in [5, 5.41) is 0. The van der Waals surface area contributed by atoms with E-state index in [1.807, 2.05) is 0 Å². The molecule has 0 bridgehead atoms. The molecule has 0 heterocycles. The van der Waals surface area contributed by atoms with Gasteiger partial charge in [-0.2, -0.15) is 0 Å². The van der Waals surface area contributed by atoms with Crippen molar-refractivity contribution >= 4 is 38.8 Å². The molecule has 104 valence electrons. The standard InChI is InChI=1S/C18H20Se2/c1-2-3-10-18(20-17-13-8-5-9-14-17)15-19-16-11-6-4-7-12-16/h4-9,11-15H,2-3,10H2,1H3/b18-15-. The molecule has 0 saturated heterocycles. The summed E-state index contributed by atoms with van der Waals surface area (Å²) in [6.07, 6.45) is 3.85. The monoisotopic (exact) mass is 396 g/mol. The van der Waals surface area contributed by atoms with Gasteiger partial charge in [0.05, 0.1) is 0 Å². The van der Waals surface area contributed by atoms with Crippen LogP contribution in [0.15, 0.2) is 70.1 Å². The molecule has 0 fully saturated rings. The fraction of sp³-hybridized carbons (Fsp3) is 0.222. The molecule has 0 nitrogen and oxygen atoms in total. The molecule has 0 amide bonds. The average molecular weight is 394 g/mol. The van der Waals surface area contributed by atoms with Crippen molar-refractivity contribution in [1.29, 1.82) is 0 Å². The van der Waals surface area contributed by atoms with Crippen molar-refractivity contribution in [3.05, 3.63) is 70.1 Å². The molecular formula is C18H20Se2. The van der Waals surface area contributed by atoms with Crippen molar-refractivity contribution in [3.8, 4) is 0 Å². The van der Waals surface area contributed by atoms with Crippen LogP contribution in [0.5, 0.6) is 0 Å². The number of benzene rings is 2. The van der Waals surface area contributed by atoms with Crippen LogP contribution >= 0.6 is 0 Å². The minimum absolute atomic E-state index is 0.473. The zero-order valence-electron chi connectivity index (χ0n) is 11.8. The van der Waals surface area contributed by atoms with E-state index >= 15 is 0 Å². The molecule has 0 atom stereocenters. The van der Waals surface area contributed by atoms with E-state index in [4.69, 9.17) is 0 Å². The quantitative estimate of drug-likeness (QED) is 0.634. The maximum absolute atomic E-state index is 2.52. The zero-order valence-corrected chi connectivity index (χ0v) is 15.2. The van der Waals surface area contributed by atoms with Crippen molar-refractivity contribution in [1.82, 2.24) is 0 Å². The van der Waals surface area contributed by atoms with Crippen LogP contribution in [0.4, 0.5) is 0 Å². The molecule has 2 heteroatoms. The molecule has 0 N–H and O–H groups in total. The molecule has 0 spiro atoms. The summed E-state index contributed by atoms with van der Waals surface area (Å²) in [6.45, 7) is 2.27. The summed E-state index contributed by atoms with van der Waals surface area (Å²) >= 11 is 0.966. The van der Waals surface area contributed by atoms with Gasteiger partial charge in [0, 0.05) is 0 Å². The fourth-order valence-corrected chi connectivity index (χ4v) is 6.14. The molecule has 0 aliphatic rings. The minimum atomic E-state index is 0.473. The summed E-state index contributed by atoms with van der Waals surface area (Å²) in [6, 6.07) is 21.8. The molecule has 0 aromatic heterocycles. The van der Waals surface area contributed by atoms with Crippen molar-refractivity contribution in [2.75, 3.05) is 0 Å². The van der Waals surface area contributed by atoms with Crippen molar-refractivity contribution < 1.29 is 0 Å². The van der Waals surface area contributed by atoms with Crippen LogP contribution in [-0.4, -0.2) is 29.9 Å². The van der Waals surface area contributed by atoms with Gasteiger partial charge < -0.3 is 0 Å². The Hall–Kier alpha value is -0.781. The Morgan fingerprint density at radius 3 is 2.10 bits per heavy atom. The predicted molar refractivity (Wildman–Crippen MR) is 91.3 cm³/mol. The Morgan fingerprint density at radius 1 is 0.900 bits per heavy atom. The Labute approximate surface area is 135 Å². The van der Waals surface area contributed by atoms with Crippen LogP contribution in [-0.2, 0) is 0 Å². The van der Waals surface area contributed by atoms with Gasteiger partial charge in [0.25, 0.3) is 0 Å².